The highest BCUT2D eigenvalue weighted by Gasteiger charge is 2.33. The number of carbonyl (C=O) groups is 2. The minimum Gasteiger partial charge on any atom is -0.481 e. The molecule has 1 fully saturated rings. The molecule has 1 saturated carbocycles. The van der Waals surface area contributed by atoms with Gasteiger partial charge in [0, 0.05) is 6.54 Å². The van der Waals surface area contributed by atoms with Crippen LogP contribution in [0.4, 0.5) is 0 Å². The maximum absolute atomic E-state index is 11.5. The van der Waals surface area contributed by atoms with E-state index in [0.29, 0.717) is 12.8 Å². The summed E-state index contributed by atoms with van der Waals surface area (Å²) in [6, 6.07) is 0. The number of carboxylic acid groups (broad SMARTS) is 1. The number of carbonyl (C=O) groups excluding carboxylic acids is 1. The average Bonchev–Trinajstić information content (AvgIpc) is 2.74. The van der Waals surface area contributed by atoms with E-state index < -0.39 is 33.6 Å². The van der Waals surface area contributed by atoms with E-state index in [0.717, 1.165) is 13.5 Å². The quantitative estimate of drug-likeness (QED) is 0.639. The third-order valence-corrected chi connectivity index (χ3v) is 4.30. The number of hydrogen-bond acceptors (Lipinski definition) is 5. The molecule has 2 unspecified atom stereocenters. The van der Waals surface area contributed by atoms with E-state index in [1.54, 1.807) is 0 Å². The summed E-state index contributed by atoms with van der Waals surface area (Å²) in [6.07, 6.45) is 2.02. The van der Waals surface area contributed by atoms with Gasteiger partial charge in [-0.15, -0.1) is 0 Å². The number of methoxy groups -OCH3 is 1. The van der Waals surface area contributed by atoms with Crippen LogP contribution in [0.5, 0.6) is 0 Å². The molecule has 1 aliphatic carbocycles. The van der Waals surface area contributed by atoms with Crippen molar-refractivity contribution < 1.29 is 27.9 Å². The van der Waals surface area contributed by atoms with Gasteiger partial charge in [-0.1, -0.05) is 6.42 Å². The molecule has 7 nitrogen and oxygen atoms in total. The van der Waals surface area contributed by atoms with E-state index in [1.165, 1.54) is 0 Å². The number of aliphatic carboxylic acids is 1. The van der Waals surface area contributed by atoms with Crippen LogP contribution in [0.2, 0.25) is 0 Å². The lowest BCUT2D eigenvalue weighted by molar-refractivity contribution is -0.143. The molecule has 0 aromatic heterocycles. The smallest absolute Gasteiger partial charge is 0.322 e. The third kappa shape index (κ3) is 4.26. The second-order valence-corrected chi connectivity index (χ2v) is 6.13. The van der Waals surface area contributed by atoms with Crippen molar-refractivity contribution in [2.75, 3.05) is 19.4 Å². The fraction of sp³-hybridized carbons (Fsp3) is 0.800. The van der Waals surface area contributed by atoms with Gasteiger partial charge >= 0.3 is 11.9 Å². The van der Waals surface area contributed by atoms with Crippen molar-refractivity contribution in [1.29, 1.82) is 0 Å². The highest BCUT2D eigenvalue weighted by Crippen LogP contribution is 2.31. The summed E-state index contributed by atoms with van der Waals surface area (Å²) >= 11 is 0. The Balaban J connectivity index is 2.49. The average molecular weight is 279 g/mol. The van der Waals surface area contributed by atoms with E-state index >= 15 is 0 Å². The van der Waals surface area contributed by atoms with Crippen molar-refractivity contribution in [3.05, 3.63) is 0 Å². The summed E-state index contributed by atoms with van der Waals surface area (Å²) < 4.78 is 29.5. The van der Waals surface area contributed by atoms with Crippen molar-refractivity contribution in [2.45, 2.75) is 19.3 Å². The van der Waals surface area contributed by atoms with Crippen LogP contribution >= 0.6 is 0 Å². The summed E-state index contributed by atoms with van der Waals surface area (Å²) in [7, 11) is -2.64. The molecule has 0 bridgehead atoms. The van der Waals surface area contributed by atoms with E-state index in [9.17, 15) is 18.0 Å². The number of carboxylic acids is 1. The Morgan fingerprint density at radius 2 is 2.06 bits per heavy atom. The molecule has 0 heterocycles. The van der Waals surface area contributed by atoms with Crippen LogP contribution in [-0.4, -0.2) is 44.9 Å². The molecule has 2 N–H and O–H groups in total. The van der Waals surface area contributed by atoms with E-state index in [4.69, 9.17) is 5.11 Å². The van der Waals surface area contributed by atoms with Gasteiger partial charge in [0.15, 0.2) is 5.75 Å². The molecule has 0 aromatic rings. The molecule has 1 rings (SSSR count). The predicted molar refractivity (Wildman–Crippen MR) is 62.3 cm³/mol. The molecule has 0 saturated heterocycles. The Morgan fingerprint density at radius 3 is 2.61 bits per heavy atom. The number of rotatable bonds is 6. The Bertz CT molecular complexity index is 418. The van der Waals surface area contributed by atoms with Crippen LogP contribution in [0.3, 0.4) is 0 Å². The van der Waals surface area contributed by atoms with Gasteiger partial charge in [-0.05, 0) is 18.8 Å². The molecule has 0 amide bonds. The number of hydrogen-bond donors (Lipinski definition) is 2. The van der Waals surface area contributed by atoms with Crippen LogP contribution in [0.15, 0.2) is 0 Å². The first-order chi connectivity index (χ1) is 8.35. The number of sulfonamides is 1. The highest BCUT2D eigenvalue weighted by atomic mass is 32.2. The fourth-order valence-electron chi connectivity index (χ4n) is 2.11. The Morgan fingerprint density at radius 1 is 1.39 bits per heavy atom. The number of esters is 1. The SMILES string of the molecule is COC(=O)CS(=O)(=O)NCC1CCCC1C(=O)O. The maximum atomic E-state index is 11.5. The van der Waals surface area contributed by atoms with Crippen LogP contribution < -0.4 is 4.72 Å². The number of nitrogens with one attached hydrogen (secondary N) is 1. The van der Waals surface area contributed by atoms with Crippen LogP contribution in [0.25, 0.3) is 0 Å². The summed E-state index contributed by atoms with van der Waals surface area (Å²) in [6.45, 7) is 0.0519. The number of ether oxygens (including phenoxy) is 1. The standard InChI is InChI=1S/C10H17NO6S/c1-17-9(12)6-18(15,16)11-5-7-3-2-4-8(7)10(13)14/h7-8,11H,2-6H2,1H3,(H,13,14). The van der Waals surface area contributed by atoms with E-state index in [-0.39, 0.29) is 12.5 Å². The van der Waals surface area contributed by atoms with Crippen molar-refractivity contribution in [2.24, 2.45) is 11.8 Å². The highest BCUT2D eigenvalue weighted by molar-refractivity contribution is 7.90. The molecule has 0 aliphatic heterocycles. The second kappa shape index (κ2) is 6.14. The molecule has 18 heavy (non-hydrogen) atoms. The normalized spacial score (nSPS) is 23.8. The lowest BCUT2D eigenvalue weighted by atomic mass is 9.97. The third-order valence-electron chi connectivity index (χ3n) is 3.08. The van der Waals surface area contributed by atoms with Crippen molar-refractivity contribution in [3.63, 3.8) is 0 Å². The molecule has 0 radical (unpaired) electrons. The van der Waals surface area contributed by atoms with E-state index in [1.807, 2.05) is 0 Å². The van der Waals surface area contributed by atoms with Gasteiger partial charge in [0.1, 0.15) is 0 Å². The van der Waals surface area contributed by atoms with Gasteiger partial charge in [0.25, 0.3) is 0 Å². The first kappa shape index (κ1) is 14.9. The van der Waals surface area contributed by atoms with Crippen molar-refractivity contribution in [1.82, 2.24) is 4.72 Å². The topological polar surface area (TPSA) is 110 Å². The minimum atomic E-state index is -3.75. The van der Waals surface area contributed by atoms with Crippen LogP contribution in [0, 0.1) is 11.8 Å². The first-order valence-corrected chi connectivity index (χ1v) is 7.28. The summed E-state index contributed by atoms with van der Waals surface area (Å²) in [5.74, 6) is -3.21. The van der Waals surface area contributed by atoms with E-state index in [2.05, 4.69) is 9.46 Å². The Hall–Kier alpha value is -1.15. The van der Waals surface area contributed by atoms with Crippen molar-refractivity contribution in [3.8, 4) is 0 Å². The summed E-state index contributed by atoms with van der Waals surface area (Å²) in [5, 5.41) is 8.95. The largest absolute Gasteiger partial charge is 0.481 e. The monoisotopic (exact) mass is 279 g/mol. The molecule has 2 atom stereocenters. The summed E-state index contributed by atoms with van der Waals surface area (Å²) in [5.41, 5.74) is 0. The van der Waals surface area contributed by atoms with Crippen LogP contribution in [-0.2, 0) is 24.3 Å². The zero-order valence-corrected chi connectivity index (χ0v) is 10.9. The van der Waals surface area contributed by atoms with Gasteiger partial charge in [-0.2, -0.15) is 0 Å². The minimum absolute atomic E-state index is 0.0519. The first-order valence-electron chi connectivity index (χ1n) is 5.62. The van der Waals surface area contributed by atoms with Crippen molar-refractivity contribution >= 4 is 22.0 Å². The Kier molecular flexibility index (Phi) is 5.09. The van der Waals surface area contributed by atoms with Gasteiger partial charge in [0.05, 0.1) is 13.0 Å². The summed E-state index contributed by atoms with van der Waals surface area (Å²) in [4.78, 5) is 21.8. The second-order valence-electron chi connectivity index (χ2n) is 4.32. The zero-order valence-electron chi connectivity index (χ0n) is 10.1. The Labute approximate surface area is 106 Å². The predicted octanol–water partition coefficient (Wildman–Crippen LogP) is -0.420. The zero-order chi connectivity index (χ0) is 13.8. The lowest BCUT2D eigenvalue weighted by Gasteiger charge is -2.16. The van der Waals surface area contributed by atoms with Gasteiger partial charge in [-0.3, -0.25) is 9.59 Å². The molecule has 0 spiro atoms. The maximum Gasteiger partial charge on any atom is 0.322 e. The van der Waals surface area contributed by atoms with Crippen LogP contribution in [0.1, 0.15) is 19.3 Å². The van der Waals surface area contributed by atoms with Gasteiger partial charge < -0.3 is 9.84 Å². The fourth-order valence-corrected chi connectivity index (χ4v) is 3.10. The molecule has 1 aliphatic rings. The molecule has 8 heteroatoms. The molecular formula is C10H17NO6S. The molecular weight excluding hydrogens is 262 g/mol. The molecule has 0 aromatic carbocycles. The lowest BCUT2D eigenvalue weighted by Crippen LogP contribution is -2.36. The van der Waals surface area contributed by atoms with Gasteiger partial charge in [-0.25, -0.2) is 13.1 Å². The van der Waals surface area contributed by atoms with Gasteiger partial charge in [0.2, 0.25) is 10.0 Å². The molecule has 104 valence electrons.